The third-order valence-electron chi connectivity index (χ3n) is 4.26. The molecule has 0 saturated carbocycles. The summed E-state index contributed by atoms with van der Waals surface area (Å²) in [6.07, 6.45) is 1.61. The number of nitrogens with one attached hydrogen (secondary N) is 2. The normalized spacial score (nSPS) is 12.0. The standard InChI is InChI=1S/C19H15N3O2.C2H6/c1-11-15(12-2-3-14-10-21-19(24)16(14)8-12)4-5-17(22-11)13-6-7-20-18(23)9-13;1-2/h2-9H,10H2,1H3,(H,20,23)(H,21,24);1-2H3. The van der Waals surface area contributed by atoms with E-state index in [-0.39, 0.29) is 11.5 Å². The smallest absolute Gasteiger partial charge is 0.251 e. The van der Waals surface area contributed by atoms with Crippen LogP contribution in [0.5, 0.6) is 0 Å². The topological polar surface area (TPSA) is 74.8 Å². The molecule has 3 aromatic rings. The van der Waals surface area contributed by atoms with Gasteiger partial charge >= 0.3 is 0 Å². The monoisotopic (exact) mass is 347 g/mol. The minimum atomic E-state index is -0.152. The van der Waals surface area contributed by atoms with Gasteiger partial charge in [-0.2, -0.15) is 0 Å². The molecular formula is C21H21N3O2. The summed E-state index contributed by atoms with van der Waals surface area (Å²) in [4.78, 5) is 30.5. The number of aromatic amines is 1. The number of carbonyl (C=O) groups excluding carboxylic acids is 1. The van der Waals surface area contributed by atoms with Crippen LogP contribution in [0.2, 0.25) is 0 Å². The molecule has 26 heavy (non-hydrogen) atoms. The van der Waals surface area contributed by atoms with E-state index >= 15 is 0 Å². The van der Waals surface area contributed by atoms with Crippen molar-refractivity contribution in [1.29, 1.82) is 0 Å². The van der Waals surface area contributed by atoms with E-state index in [1.165, 1.54) is 6.07 Å². The number of pyridine rings is 2. The predicted molar refractivity (Wildman–Crippen MR) is 103 cm³/mol. The SMILES string of the molecule is CC.Cc1nc(-c2cc[nH]c(=O)c2)ccc1-c1ccc2c(c1)C(=O)NC2. The average molecular weight is 347 g/mol. The minimum Gasteiger partial charge on any atom is -0.348 e. The van der Waals surface area contributed by atoms with Crippen molar-refractivity contribution in [3.05, 3.63) is 75.8 Å². The highest BCUT2D eigenvalue weighted by Crippen LogP contribution is 2.28. The first-order chi connectivity index (χ1) is 12.6. The molecule has 132 valence electrons. The highest BCUT2D eigenvalue weighted by atomic mass is 16.2. The van der Waals surface area contributed by atoms with E-state index in [1.54, 1.807) is 6.20 Å². The number of hydrogen-bond acceptors (Lipinski definition) is 3. The third-order valence-corrected chi connectivity index (χ3v) is 4.26. The van der Waals surface area contributed by atoms with Crippen LogP contribution in [0.4, 0.5) is 0 Å². The molecule has 5 heteroatoms. The van der Waals surface area contributed by atoms with Gasteiger partial charge in [-0.25, -0.2) is 0 Å². The molecule has 0 spiro atoms. The van der Waals surface area contributed by atoms with Crippen LogP contribution in [0.3, 0.4) is 0 Å². The number of carbonyl (C=O) groups is 1. The molecule has 5 nitrogen and oxygen atoms in total. The fourth-order valence-electron chi connectivity index (χ4n) is 3.01. The first-order valence-electron chi connectivity index (χ1n) is 8.70. The Morgan fingerprint density at radius 3 is 2.46 bits per heavy atom. The number of hydrogen-bond donors (Lipinski definition) is 2. The fourth-order valence-corrected chi connectivity index (χ4v) is 3.01. The first-order valence-corrected chi connectivity index (χ1v) is 8.70. The van der Waals surface area contributed by atoms with E-state index in [0.29, 0.717) is 6.54 Å². The van der Waals surface area contributed by atoms with Gasteiger partial charge in [0, 0.05) is 41.2 Å². The van der Waals surface area contributed by atoms with Crippen LogP contribution in [0, 0.1) is 6.92 Å². The van der Waals surface area contributed by atoms with E-state index in [2.05, 4.69) is 15.3 Å². The van der Waals surface area contributed by atoms with Gasteiger partial charge in [0.15, 0.2) is 0 Å². The van der Waals surface area contributed by atoms with Crippen molar-refractivity contribution in [3.63, 3.8) is 0 Å². The highest BCUT2D eigenvalue weighted by Gasteiger charge is 2.19. The van der Waals surface area contributed by atoms with Crippen molar-refractivity contribution in [2.45, 2.75) is 27.3 Å². The second-order valence-corrected chi connectivity index (χ2v) is 5.83. The lowest BCUT2D eigenvalue weighted by molar-refractivity contribution is 0.0966. The number of aromatic nitrogens is 2. The van der Waals surface area contributed by atoms with Crippen LogP contribution in [0.25, 0.3) is 22.4 Å². The number of fused-ring (bicyclic) bond motifs is 1. The molecule has 2 aromatic heterocycles. The number of aryl methyl sites for hydroxylation is 1. The van der Waals surface area contributed by atoms with Gasteiger partial charge in [0.05, 0.1) is 5.69 Å². The zero-order chi connectivity index (χ0) is 18.7. The quantitative estimate of drug-likeness (QED) is 0.742. The summed E-state index contributed by atoms with van der Waals surface area (Å²) < 4.78 is 0. The average Bonchev–Trinajstić information content (AvgIpc) is 3.04. The van der Waals surface area contributed by atoms with Crippen molar-refractivity contribution in [3.8, 4) is 22.4 Å². The maximum absolute atomic E-state index is 11.8. The van der Waals surface area contributed by atoms with E-state index < -0.39 is 0 Å². The molecule has 1 aromatic carbocycles. The lowest BCUT2D eigenvalue weighted by atomic mass is 9.98. The molecular weight excluding hydrogens is 326 g/mol. The van der Waals surface area contributed by atoms with Gasteiger partial charge in [-0.1, -0.05) is 32.0 Å². The second kappa shape index (κ2) is 7.35. The van der Waals surface area contributed by atoms with Gasteiger partial charge < -0.3 is 10.3 Å². The molecule has 3 heterocycles. The van der Waals surface area contributed by atoms with Gasteiger partial charge in [0.25, 0.3) is 5.91 Å². The lowest BCUT2D eigenvalue weighted by Gasteiger charge is -2.09. The second-order valence-electron chi connectivity index (χ2n) is 5.83. The molecule has 0 bridgehead atoms. The van der Waals surface area contributed by atoms with E-state index in [4.69, 9.17) is 0 Å². The largest absolute Gasteiger partial charge is 0.348 e. The Hall–Kier alpha value is -3.21. The highest BCUT2D eigenvalue weighted by molar-refractivity contribution is 5.99. The van der Waals surface area contributed by atoms with Gasteiger partial charge in [0.2, 0.25) is 5.56 Å². The Bertz CT molecular complexity index is 1020. The van der Waals surface area contributed by atoms with Crippen molar-refractivity contribution in [2.24, 2.45) is 0 Å². The van der Waals surface area contributed by atoms with Gasteiger partial charge in [-0.05, 0) is 36.2 Å². The van der Waals surface area contributed by atoms with E-state index in [9.17, 15) is 9.59 Å². The fraction of sp³-hybridized carbons (Fsp3) is 0.190. The summed E-state index contributed by atoms with van der Waals surface area (Å²) in [7, 11) is 0. The summed E-state index contributed by atoms with van der Waals surface area (Å²) in [5.74, 6) is -0.0300. The van der Waals surface area contributed by atoms with Crippen LogP contribution in [-0.4, -0.2) is 15.9 Å². The summed E-state index contributed by atoms with van der Waals surface area (Å²) in [5.41, 5.74) is 5.93. The summed E-state index contributed by atoms with van der Waals surface area (Å²) in [6.45, 7) is 6.52. The van der Waals surface area contributed by atoms with Crippen LogP contribution in [0.15, 0.2) is 53.5 Å². The van der Waals surface area contributed by atoms with Crippen molar-refractivity contribution in [2.75, 3.05) is 0 Å². The summed E-state index contributed by atoms with van der Waals surface area (Å²) in [5, 5.41) is 2.83. The Morgan fingerprint density at radius 1 is 0.923 bits per heavy atom. The Morgan fingerprint density at radius 2 is 1.73 bits per heavy atom. The molecule has 2 N–H and O–H groups in total. The molecule has 0 fully saturated rings. The molecule has 0 aliphatic carbocycles. The van der Waals surface area contributed by atoms with Crippen molar-refractivity contribution >= 4 is 5.91 Å². The molecule has 4 rings (SSSR count). The molecule has 0 saturated heterocycles. The molecule has 1 aliphatic heterocycles. The zero-order valence-corrected chi connectivity index (χ0v) is 15.1. The number of H-pyrrole nitrogens is 1. The number of amides is 1. The number of rotatable bonds is 2. The van der Waals surface area contributed by atoms with Gasteiger partial charge in [0.1, 0.15) is 0 Å². The van der Waals surface area contributed by atoms with Crippen LogP contribution in [-0.2, 0) is 6.54 Å². The molecule has 1 amide bonds. The molecule has 1 aliphatic rings. The van der Waals surface area contributed by atoms with Crippen LogP contribution < -0.4 is 10.9 Å². The summed E-state index contributed by atoms with van der Waals surface area (Å²) >= 11 is 0. The van der Waals surface area contributed by atoms with Crippen molar-refractivity contribution < 1.29 is 4.79 Å². The zero-order valence-electron chi connectivity index (χ0n) is 15.1. The predicted octanol–water partition coefficient (Wildman–Crippen LogP) is 3.68. The lowest BCUT2D eigenvalue weighted by Crippen LogP contribution is -2.12. The summed E-state index contributed by atoms with van der Waals surface area (Å²) in [6, 6.07) is 13.1. The van der Waals surface area contributed by atoms with Gasteiger partial charge in [-0.15, -0.1) is 0 Å². The van der Waals surface area contributed by atoms with Crippen LogP contribution in [0.1, 0.15) is 35.5 Å². The first kappa shape index (κ1) is 17.6. The Kier molecular flexibility index (Phi) is 4.98. The van der Waals surface area contributed by atoms with Gasteiger partial charge in [-0.3, -0.25) is 14.6 Å². The Labute approximate surface area is 152 Å². The van der Waals surface area contributed by atoms with Crippen LogP contribution >= 0.6 is 0 Å². The Balaban J connectivity index is 0.000000948. The minimum absolute atomic E-state index is 0.0300. The molecule has 0 radical (unpaired) electrons. The van der Waals surface area contributed by atoms with E-state index in [0.717, 1.165) is 39.2 Å². The molecule has 0 unspecified atom stereocenters. The van der Waals surface area contributed by atoms with E-state index in [1.807, 2.05) is 57.2 Å². The molecule has 0 atom stereocenters. The third kappa shape index (κ3) is 3.28. The maximum Gasteiger partial charge on any atom is 0.251 e. The number of nitrogens with zero attached hydrogens (tertiary/aromatic N) is 1. The number of benzene rings is 1. The van der Waals surface area contributed by atoms with Crippen molar-refractivity contribution in [1.82, 2.24) is 15.3 Å². The maximum atomic E-state index is 11.8.